The first kappa shape index (κ1) is 16.6. The Kier molecular flexibility index (Phi) is 4.88. The van der Waals surface area contributed by atoms with E-state index in [-0.39, 0.29) is 18.4 Å². The molecule has 0 spiro atoms. The Morgan fingerprint density at radius 3 is 2.92 bits per heavy atom. The molecule has 0 aliphatic carbocycles. The number of benzene rings is 1. The van der Waals surface area contributed by atoms with Gasteiger partial charge >= 0.3 is 0 Å². The number of aromatic amines is 1. The first-order valence-electron chi connectivity index (χ1n) is 8.70. The van der Waals surface area contributed by atoms with E-state index in [4.69, 9.17) is 0 Å². The van der Waals surface area contributed by atoms with Crippen LogP contribution in [0.25, 0.3) is 10.9 Å². The predicted molar refractivity (Wildman–Crippen MR) is 94.8 cm³/mol. The van der Waals surface area contributed by atoms with Crippen LogP contribution in [-0.2, 0) is 16.0 Å². The number of nitrogens with one attached hydrogen (secondary N) is 1. The molecule has 1 aromatic carbocycles. The highest BCUT2D eigenvalue weighted by atomic mass is 16.2. The number of H-pyrrole nitrogens is 1. The molecule has 2 amide bonds. The topological polar surface area (TPSA) is 56.4 Å². The lowest BCUT2D eigenvalue weighted by atomic mass is 10.1. The van der Waals surface area contributed by atoms with Crippen LogP contribution in [0, 0.1) is 6.92 Å². The maximum atomic E-state index is 12.5. The maximum Gasteiger partial charge on any atom is 0.242 e. The van der Waals surface area contributed by atoms with Crippen molar-refractivity contribution in [3.05, 3.63) is 35.5 Å². The summed E-state index contributed by atoms with van der Waals surface area (Å²) >= 11 is 0. The molecule has 1 aliphatic rings. The normalized spacial score (nSPS) is 15.8. The summed E-state index contributed by atoms with van der Waals surface area (Å²) in [7, 11) is 0. The fraction of sp³-hybridized carbons (Fsp3) is 0.474. The Bertz CT molecular complexity index is 750. The van der Waals surface area contributed by atoms with Crippen molar-refractivity contribution >= 4 is 22.7 Å². The van der Waals surface area contributed by atoms with E-state index in [1.54, 1.807) is 4.90 Å². The summed E-state index contributed by atoms with van der Waals surface area (Å²) in [4.78, 5) is 31.5. The third kappa shape index (κ3) is 3.45. The van der Waals surface area contributed by atoms with Crippen molar-refractivity contribution in [1.82, 2.24) is 14.8 Å². The Hall–Kier alpha value is -2.30. The van der Waals surface area contributed by atoms with Gasteiger partial charge in [-0.15, -0.1) is 0 Å². The smallest absolute Gasteiger partial charge is 0.242 e. The fourth-order valence-corrected chi connectivity index (χ4v) is 3.37. The molecule has 0 radical (unpaired) electrons. The van der Waals surface area contributed by atoms with Crippen molar-refractivity contribution in [2.75, 3.05) is 26.2 Å². The SMILES string of the molecule is CCN1CCCN(C(=O)CCc2c[nH]c3ccc(C)cc23)CC1=O. The summed E-state index contributed by atoms with van der Waals surface area (Å²) in [6.07, 6.45) is 3.99. The summed E-state index contributed by atoms with van der Waals surface area (Å²) in [6, 6.07) is 6.30. The molecule has 1 fully saturated rings. The zero-order valence-corrected chi connectivity index (χ0v) is 14.5. The summed E-state index contributed by atoms with van der Waals surface area (Å²) in [5.41, 5.74) is 3.48. The highest BCUT2D eigenvalue weighted by Gasteiger charge is 2.23. The van der Waals surface area contributed by atoms with Crippen LogP contribution in [0.2, 0.25) is 0 Å². The highest BCUT2D eigenvalue weighted by molar-refractivity contribution is 5.87. The third-order valence-electron chi connectivity index (χ3n) is 4.80. The molecule has 1 saturated heterocycles. The van der Waals surface area contributed by atoms with Gasteiger partial charge in [-0.05, 0) is 44.4 Å². The van der Waals surface area contributed by atoms with Crippen molar-refractivity contribution in [2.24, 2.45) is 0 Å². The van der Waals surface area contributed by atoms with Crippen LogP contribution >= 0.6 is 0 Å². The zero-order valence-electron chi connectivity index (χ0n) is 14.5. The van der Waals surface area contributed by atoms with E-state index >= 15 is 0 Å². The number of aromatic nitrogens is 1. The summed E-state index contributed by atoms with van der Waals surface area (Å²) in [5.74, 6) is 0.134. The van der Waals surface area contributed by atoms with Crippen LogP contribution in [0.4, 0.5) is 0 Å². The molecule has 2 heterocycles. The number of fused-ring (bicyclic) bond motifs is 1. The van der Waals surface area contributed by atoms with Crippen molar-refractivity contribution in [3.8, 4) is 0 Å². The van der Waals surface area contributed by atoms with Gasteiger partial charge in [0.2, 0.25) is 11.8 Å². The van der Waals surface area contributed by atoms with Crippen LogP contribution in [-0.4, -0.2) is 52.8 Å². The van der Waals surface area contributed by atoms with E-state index in [0.29, 0.717) is 19.4 Å². The average Bonchev–Trinajstić information content (AvgIpc) is 2.86. The highest BCUT2D eigenvalue weighted by Crippen LogP contribution is 2.21. The second-order valence-electron chi connectivity index (χ2n) is 6.51. The third-order valence-corrected chi connectivity index (χ3v) is 4.80. The van der Waals surface area contributed by atoms with E-state index in [1.807, 2.05) is 18.0 Å². The Balaban J connectivity index is 1.64. The van der Waals surface area contributed by atoms with E-state index in [1.165, 1.54) is 16.5 Å². The van der Waals surface area contributed by atoms with Gasteiger partial charge in [0, 0.05) is 43.2 Å². The molecule has 0 unspecified atom stereocenters. The number of rotatable bonds is 4. The van der Waals surface area contributed by atoms with Crippen molar-refractivity contribution in [2.45, 2.75) is 33.1 Å². The van der Waals surface area contributed by atoms with Gasteiger partial charge in [-0.2, -0.15) is 0 Å². The van der Waals surface area contributed by atoms with Gasteiger partial charge in [-0.25, -0.2) is 0 Å². The van der Waals surface area contributed by atoms with Crippen LogP contribution in [0.5, 0.6) is 0 Å². The quantitative estimate of drug-likeness (QED) is 0.938. The number of likely N-dealkylation sites (N-methyl/N-ethyl adjacent to an activating group) is 1. The second kappa shape index (κ2) is 7.07. The molecule has 3 rings (SSSR count). The van der Waals surface area contributed by atoms with E-state index in [9.17, 15) is 9.59 Å². The van der Waals surface area contributed by atoms with Crippen LogP contribution in [0.15, 0.2) is 24.4 Å². The van der Waals surface area contributed by atoms with Gasteiger partial charge in [0.1, 0.15) is 0 Å². The predicted octanol–water partition coefficient (Wildman–Crippen LogP) is 2.49. The minimum absolute atomic E-state index is 0.0612. The first-order chi connectivity index (χ1) is 11.6. The van der Waals surface area contributed by atoms with Gasteiger partial charge in [-0.1, -0.05) is 11.6 Å². The average molecular weight is 327 g/mol. The van der Waals surface area contributed by atoms with Gasteiger partial charge in [-0.3, -0.25) is 9.59 Å². The fourth-order valence-electron chi connectivity index (χ4n) is 3.37. The lowest BCUT2D eigenvalue weighted by molar-refractivity contribution is -0.138. The monoisotopic (exact) mass is 327 g/mol. The molecule has 0 atom stereocenters. The number of hydrogen-bond acceptors (Lipinski definition) is 2. The summed E-state index contributed by atoms with van der Waals surface area (Å²) in [5, 5.41) is 1.19. The molecule has 5 nitrogen and oxygen atoms in total. The Morgan fingerprint density at radius 2 is 2.12 bits per heavy atom. The molecule has 128 valence electrons. The maximum absolute atomic E-state index is 12.5. The van der Waals surface area contributed by atoms with Crippen molar-refractivity contribution in [1.29, 1.82) is 0 Å². The Morgan fingerprint density at radius 1 is 1.29 bits per heavy atom. The molecule has 0 saturated carbocycles. The van der Waals surface area contributed by atoms with E-state index in [2.05, 4.69) is 30.1 Å². The molecule has 5 heteroatoms. The largest absolute Gasteiger partial charge is 0.361 e. The second-order valence-corrected chi connectivity index (χ2v) is 6.51. The van der Waals surface area contributed by atoms with E-state index in [0.717, 1.165) is 25.0 Å². The first-order valence-corrected chi connectivity index (χ1v) is 8.70. The van der Waals surface area contributed by atoms with Gasteiger partial charge in [0.25, 0.3) is 0 Å². The Labute approximate surface area is 142 Å². The van der Waals surface area contributed by atoms with Crippen LogP contribution in [0.1, 0.15) is 30.9 Å². The number of carbonyl (C=O) groups excluding carboxylic acids is 2. The number of aryl methyl sites for hydroxylation is 2. The van der Waals surface area contributed by atoms with Crippen LogP contribution < -0.4 is 0 Å². The minimum atomic E-state index is 0.0612. The lowest BCUT2D eigenvalue weighted by Crippen LogP contribution is -2.39. The number of nitrogens with zero attached hydrogens (tertiary/aromatic N) is 2. The molecule has 24 heavy (non-hydrogen) atoms. The summed E-state index contributed by atoms with van der Waals surface area (Å²) < 4.78 is 0. The lowest BCUT2D eigenvalue weighted by Gasteiger charge is -2.20. The minimum Gasteiger partial charge on any atom is -0.361 e. The van der Waals surface area contributed by atoms with Gasteiger partial charge in [0.15, 0.2) is 0 Å². The molecule has 1 N–H and O–H groups in total. The van der Waals surface area contributed by atoms with Gasteiger partial charge < -0.3 is 14.8 Å². The van der Waals surface area contributed by atoms with Crippen molar-refractivity contribution in [3.63, 3.8) is 0 Å². The number of amides is 2. The van der Waals surface area contributed by atoms with Crippen molar-refractivity contribution < 1.29 is 9.59 Å². The molecule has 2 aromatic rings. The molecular weight excluding hydrogens is 302 g/mol. The van der Waals surface area contributed by atoms with Gasteiger partial charge in [0.05, 0.1) is 6.54 Å². The summed E-state index contributed by atoms with van der Waals surface area (Å²) in [6.45, 7) is 6.42. The van der Waals surface area contributed by atoms with E-state index < -0.39 is 0 Å². The molecule has 0 bridgehead atoms. The molecular formula is C19H25N3O2. The number of carbonyl (C=O) groups is 2. The standard InChI is InChI=1S/C19H25N3O2/c1-3-21-9-4-10-22(13-19(21)24)18(23)8-6-15-12-20-17-7-5-14(2)11-16(15)17/h5,7,11-12,20H,3-4,6,8-10,13H2,1-2H3. The zero-order chi connectivity index (χ0) is 17.1. The molecule has 1 aliphatic heterocycles. The number of hydrogen-bond donors (Lipinski definition) is 1. The van der Waals surface area contributed by atoms with Crippen LogP contribution in [0.3, 0.4) is 0 Å². The molecule has 1 aromatic heterocycles.